The molecule has 1 aromatic carbocycles. The van der Waals surface area contributed by atoms with E-state index in [2.05, 4.69) is 5.32 Å². The van der Waals surface area contributed by atoms with E-state index in [9.17, 15) is 13.2 Å². The largest absolute Gasteiger partial charge is 0.340 e. The molecule has 3 fully saturated rings. The molecule has 1 aliphatic carbocycles. The molecule has 9 heteroatoms. The number of hydrogen-bond donors (Lipinski definition) is 1. The topological polar surface area (TPSA) is 69.7 Å². The number of carbonyl (C=O) groups excluding carboxylic acids is 1. The van der Waals surface area contributed by atoms with Gasteiger partial charge in [0.15, 0.2) is 0 Å². The Morgan fingerprint density at radius 1 is 1.13 bits per heavy atom. The van der Waals surface area contributed by atoms with E-state index in [1.807, 2.05) is 11.0 Å². The fraction of sp³-hybridized carbons (Fsp3) is 0.591. The number of sulfonamides is 1. The van der Waals surface area contributed by atoms with E-state index < -0.39 is 10.0 Å². The Kier molecular flexibility index (Phi) is 6.03. The molecule has 5 rings (SSSR count). The zero-order valence-corrected chi connectivity index (χ0v) is 19.8. The van der Waals surface area contributed by atoms with Crippen molar-refractivity contribution >= 4 is 49.0 Å². The monoisotopic (exact) mass is 481 g/mol. The second-order valence-corrected chi connectivity index (χ2v) is 12.8. The highest BCUT2D eigenvalue weighted by atomic mass is 35.5. The summed E-state index contributed by atoms with van der Waals surface area (Å²) in [6.07, 6.45) is 4.89. The van der Waals surface area contributed by atoms with Crippen LogP contribution in [0.3, 0.4) is 0 Å². The molecular weight excluding hydrogens is 454 g/mol. The zero-order valence-electron chi connectivity index (χ0n) is 17.4. The second-order valence-electron chi connectivity index (χ2n) is 9.12. The van der Waals surface area contributed by atoms with Gasteiger partial charge in [0.05, 0.1) is 6.54 Å². The van der Waals surface area contributed by atoms with E-state index in [4.69, 9.17) is 11.6 Å². The van der Waals surface area contributed by atoms with Gasteiger partial charge in [-0.15, -0.1) is 11.3 Å². The standard InChI is InChI=1S/C22H28ClN3O3S2/c23-19-4-3-17-10-22(30-20(17)11-19)31(28,29)26-8-7-25(21(27)14-26)13-15-1-2-16-5-6-24-12-18(16)9-15/h3-4,10-11,15-16,18,24H,1-2,5-9,12-14H2. The van der Waals surface area contributed by atoms with Gasteiger partial charge in [-0.3, -0.25) is 4.79 Å². The van der Waals surface area contributed by atoms with Crippen molar-refractivity contribution in [2.24, 2.45) is 17.8 Å². The van der Waals surface area contributed by atoms with E-state index in [-0.39, 0.29) is 16.7 Å². The summed E-state index contributed by atoms with van der Waals surface area (Å²) in [6.45, 7) is 3.74. The molecule has 1 saturated carbocycles. The maximum Gasteiger partial charge on any atom is 0.253 e. The number of halogens is 1. The van der Waals surface area contributed by atoms with Crippen LogP contribution in [0, 0.1) is 17.8 Å². The van der Waals surface area contributed by atoms with E-state index in [1.165, 1.54) is 41.3 Å². The minimum atomic E-state index is -3.69. The average Bonchev–Trinajstić information content (AvgIpc) is 3.19. The van der Waals surface area contributed by atoms with Gasteiger partial charge in [0.25, 0.3) is 10.0 Å². The highest BCUT2D eigenvalue weighted by molar-refractivity contribution is 7.91. The maximum absolute atomic E-state index is 13.2. The first-order chi connectivity index (χ1) is 14.9. The molecule has 2 aliphatic heterocycles. The average molecular weight is 482 g/mol. The van der Waals surface area contributed by atoms with Gasteiger partial charge in [0, 0.05) is 29.4 Å². The normalized spacial score (nSPS) is 28.1. The van der Waals surface area contributed by atoms with Crippen molar-refractivity contribution in [1.29, 1.82) is 0 Å². The van der Waals surface area contributed by atoms with E-state index >= 15 is 0 Å². The van der Waals surface area contributed by atoms with Crippen molar-refractivity contribution in [2.75, 3.05) is 39.3 Å². The SMILES string of the molecule is O=C1CN(S(=O)(=O)c2cc3ccc(Cl)cc3s2)CCN1CC1CCC2CCNCC2C1. The van der Waals surface area contributed by atoms with Crippen LogP contribution in [0.25, 0.3) is 10.1 Å². The van der Waals surface area contributed by atoms with Crippen LogP contribution in [0.2, 0.25) is 5.02 Å². The van der Waals surface area contributed by atoms with Gasteiger partial charge in [0.2, 0.25) is 5.91 Å². The molecule has 3 unspecified atom stereocenters. The summed E-state index contributed by atoms with van der Waals surface area (Å²) in [5, 5.41) is 4.94. The molecule has 6 nitrogen and oxygen atoms in total. The van der Waals surface area contributed by atoms with Crippen molar-refractivity contribution in [3.63, 3.8) is 0 Å². The highest BCUT2D eigenvalue weighted by Gasteiger charge is 2.37. The number of hydrogen-bond acceptors (Lipinski definition) is 5. The molecule has 1 N–H and O–H groups in total. The molecule has 0 spiro atoms. The predicted octanol–water partition coefficient (Wildman–Crippen LogP) is 3.41. The number of carbonyl (C=O) groups is 1. The number of piperidine rings is 1. The third-order valence-electron chi connectivity index (χ3n) is 7.16. The first-order valence-electron chi connectivity index (χ1n) is 11.1. The van der Waals surface area contributed by atoms with Crippen LogP contribution >= 0.6 is 22.9 Å². The van der Waals surface area contributed by atoms with Crippen LogP contribution in [-0.2, 0) is 14.8 Å². The van der Waals surface area contributed by atoms with Crippen molar-refractivity contribution in [3.8, 4) is 0 Å². The molecule has 0 bridgehead atoms. The fourth-order valence-electron chi connectivity index (χ4n) is 5.43. The molecule has 3 heterocycles. The van der Waals surface area contributed by atoms with Gasteiger partial charge >= 0.3 is 0 Å². The Balaban J connectivity index is 1.23. The van der Waals surface area contributed by atoms with Gasteiger partial charge in [-0.05, 0) is 80.1 Å². The highest BCUT2D eigenvalue weighted by Crippen LogP contribution is 2.38. The summed E-state index contributed by atoms with van der Waals surface area (Å²) >= 11 is 7.25. The van der Waals surface area contributed by atoms with Crippen LogP contribution < -0.4 is 5.32 Å². The number of thiophene rings is 1. The lowest BCUT2D eigenvalue weighted by Crippen LogP contribution is -2.53. The van der Waals surface area contributed by atoms with Crippen LogP contribution in [0.1, 0.15) is 25.7 Å². The summed E-state index contributed by atoms with van der Waals surface area (Å²) in [7, 11) is -3.69. The number of rotatable bonds is 4. The molecule has 3 atom stereocenters. The van der Waals surface area contributed by atoms with E-state index in [1.54, 1.807) is 18.2 Å². The molecule has 168 valence electrons. The number of piperazine rings is 1. The smallest absolute Gasteiger partial charge is 0.253 e. The van der Waals surface area contributed by atoms with Crippen LogP contribution in [0.4, 0.5) is 0 Å². The molecule has 1 amide bonds. The Bertz CT molecular complexity index is 1090. The summed E-state index contributed by atoms with van der Waals surface area (Å²) in [4.78, 5) is 14.7. The third kappa shape index (κ3) is 4.37. The first kappa shape index (κ1) is 21.6. The molecule has 1 aromatic heterocycles. The zero-order chi connectivity index (χ0) is 21.6. The lowest BCUT2D eigenvalue weighted by molar-refractivity contribution is -0.135. The second kappa shape index (κ2) is 8.63. The van der Waals surface area contributed by atoms with Crippen molar-refractivity contribution in [3.05, 3.63) is 29.3 Å². The van der Waals surface area contributed by atoms with Crippen molar-refractivity contribution in [1.82, 2.24) is 14.5 Å². The number of nitrogens with one attached hydrogen (secondary N) is 1. The Morgan fingerprint density at radius 2 is 2.00 bits per heavy atom. The summed E-state index contributed by atoms with van der Waals surface area (Å²) in [5.41, 5.74) is 0. The predicted molar refractivity (Wildman–Crippen MR) is 124 cm³/mol. The molecule has 3 aliphatic rings. The number of nitrogens with zero attached hydrogens (tertiary/aromatic N) is 2. The lowest BCUT2D eigenvalue weighted by Gasteiger charge is -2.42. The molecule has 0 radical (unpaired) electrons. The van der Waals surface area contributed by atoms with Gasteiger partial charge in [0.1, 0.15) is 4.21 Å². The van der Waals surface area contributed by atoms with Crippen LogP contribution in [0.5, 0.6) is 0 Å². The summed E-state index contributed by atoms with van der Waals surface area (Å²) in [5.74, 6) is 2.01. The first-order valence-corrected chi connectivity index (χ1v) is 13.7. The molecule has 2 saturated heterocycles. The lowest BCUT2D eigenvalue weighted by atomic mass is 9.71. The number of amides is 1. The van der Waals surface area contributed by atoms with E-state index in [0.29, 0.717) is 24.0 Å². The Morgan fingerprint density at radius 3 is 2.84 bits per heavy atom. The van der Waals surface area contributed by atoms with E-state index in [0.717, 1.165) is 41.6 Å². The summed E-state index contributed by atoms with van der Waals surface area (Å²) < 4.78 is 28.8. The third-order valence-corrected chi connectivity index (χ3v) is 10.8. The molecular formula is C22H28ClN3O3S2. The van der Waals surface area contributed by atoms with Gasteiger partial charge in [-0.25, -0.2) is 8.42 Å². The minimum absolute atomic E-state index is 0.0718. The molecule has 31 heavy (non-hydrogen) atoms. The van der Waals surface area contributed by atoms with Crippen LogP contribution in [-0.4, -0.2) is 62.8 Å². The number of fused-ring (bicyclic) bond motifs is 2. The minimum Gasteiger partial charge on any atom is -0.340 e. The van der Waals surface area contributed by atoms with Gasteiger partial charge in [-0.1, -0.05) is 17.7 Å². The Hall–Kier alpha value is -1.19. The molecule has 2 aromatic rings. The maximum atomic E-state index is 13.2. The van der Waals surface area contributed by atoms with Gasteiger partial charge in [-0.2, -0.15) is 4.31 Å². The fourth-order valence-corrected chi connectivity index (χ4v) is 8.64. The van der Waals surface area contributed by atoms with Gasteiger partial charge < -0.3 is 10.2 Å². The summed E-state index contributed by atoms with van der Waals surface area (Å²) in [6, 6.07) is 7.04. The van der Waals surface area contributed by atoms with Crippen molar-refractivity contribution in [2.45, 2.75) is 29.9 Å². The Labute approximate surface area is 192 Å². The number of benzene rings is 1. The van der Waals surface area contributed by atoms with Crippen LogP contribution in [0.15, 0.2) is 28.5 Å². The van der Waals surface area contributed by atoms with Crippen molar-refractivity contribution < 1.29 is 13.2 Å². The quantitative estimate of drug-likeness (QED) is 0.726.